The van der Waals surface area contributed by atoms with Crippen molar-refractivity contribution in [3.63, 3.8) is 0 Å². The van der Waals surface area contributed by atoms with Gasteiger partial charge in [-0.3, -0.25) is 4.79 Å². The lowest BCUT2D eigenvalue weighted by atomic mass is 10.1. The SMILES string of the molecule is CCOc1ccc(/C=C(/C#N)C(=O)Nc2cccc(Cl)c2Cl)cc1. The van der Waals surface area contributed by atoms with Crippen LogP contribution in [0.5, 0.6) is 5.75 Å². The monoisotopic (exact) mass is 360 g/mol. The largest absolute Gasteiger partial charge is 0.494 e. The van der Waals surface area contributed by atoms with Crippen LogP contribution in [0.25, 0.3) is 6.08 Å². The lowest BCUT2D eigenvalue weighted by Crippen LogP contribution is -2.13. The average molecular weight is 361 g/mol. The van der Waals surface area contributed by atoms with E-state index in [1.54, 1.807) is 42.5 Å². The number of carbonyl (C=O) groups excluding carboxylic acids is 1. The van der Waals surface area contributed by atoms with Crippen LogP contribution in [0.4, 0.5) is 5.69 Å². The number of anilines is 1. The molecule has 1 N–H and O–H groups in total. The first-order valence-electron chi connectivity index (χ1n) is 7.15. The molecule has 2 aromatic carbocycles. The Morgan fingerprint density at radius 1 is 1.25 bits per heavy atom. The van der Waals surface area contributed by atoms with Gasteiger partial charge in [-0.25, -0.2) is 0 Å². The van der Waals surface area contributed by atoms with Gasteiger partial charge in [-0.15, -0.1) is 0 Å². The zero-order valence-corrected chi connectivity index (χ0v) is 14.4. The quantitative estimate of drug-likeness (QED) is 0.606. The van der Waals surface area contributed by atoms with Crippen LogP contribution in [0.3, 0.4) is 0 Å². The average Bonchev–Trinajstić information content (AvgIpc) is 2.58. The summed E-state index contributed by atoms with van der Waals surface area (Å²) in [6, 6.07) is 13.8. The Labute approximate surface area is 150 Å². The molecule has 0 heterocycles. The topological polar surface area (TPSA) is 62.1 Å². The molecule has 0 bridgehead atoms. The molecule has 0 aliphatic carbocycles. The van der Waals surface area contributed by atoms with Crippen LogP contribution in [-0.4, -0.2) is 12.5 Å². The Morgan fingerprint density at radius 3 is 2.58 bits per heavy atom. The lowest BCUT2D eigenvalue weighted by Gasteiger charge is -2.07. The van der Waals surface area contributed by atoms with Gasteiger partial charge < -0.3 is 10.1 Å². The Bertz CT molecular complexity index is 809. The van der Waals surface area contributed by atoms with Crippen LogP contribution < -0.4 is 10.1 Å². The number of nitrogens with zero attached hydrogens (tertiary/aromatic N) is 1. The van der Waals surface area contributed by atoms with Crippen molar-refractivity contribution in [2.75, 3.05) is 11.9 Å². The minimum atomic E-state index is -0.560. The van der Waals surface area contributed by atoms with Gasteiger partial charge in [0.1, 0.15) is 17.4 Å². The molecule has 0 saturated heterocycles. The molecule has 0 aromatic heterocycles. The highest BCUT2D eigenvalue weighted by Gasteiger charge is 2.12. The fourth-order valence-electron chi connectivity index (χ4n) is 1.93. The first kappa shape index (κ1) is 17.9. The van der Waals surface area contributed by atoms with Gasteiger partial charge in [0.15, 0.2) is 0 Å². The number of carbonyl (C=O) groups is 1. The highest BCUT2D eigenvalue weighted by Crippen LogP contribution is 2.29. The number of hydrogen-bond acceptors (Lipinski definition) is 3. The second kappa shape index (κ2) is 8.39. The van der Waals surface area contributed by atoms with Crippen LogP contribution in [-0.2, 0) is 4.79 Å². The Morgan fingerprint density at radius 2 is 1.96 bits per heavy atom. The van der Waals surface area contributed by atoms with Crippen LogP contribution in [0.15, 0.2) is 48.0 Å². The van der Waals surface area contributed by atoms with Gasteiger partial charge in [0.25, 0.3) is 5.91 Å². The van der Waals surface area contributed by atoms with E-state index in [4.69, 9.17) is 27.9 Å². The summed E-state index contributed by atoms with van der Waals surface area (Å²) in [6.07, 6.45) is 1.49. The van der Waals surface area contributed by atoms with Crippen molar-refractivity contribution >= 4 is 40.9 Å². The molecule has 6 heteroatoms. The summed E-state index contributed by atoms with van der Waals surface area (Å²) >= 11 is 11.9. The maximum atomic E-state index is 12.3. The molecule has 2 aromatic rings. The van der Waals surface area contributed by atoms with Crippen molar-refractivity contribution in [3.8, 4) is 11.8 Å². The number of rotatable bonds is 5. The van der Waals surface area contributed by atoms with Crippen molar-refractivity contribution < 1.29 is 9.53 Å². The highest BCUT2D eigenvalue weighted by atomic mass is 35.5. The van der Waals surface area contributed by atoms with E-state index in [0.717, 1.165) is 5.75 Å². The molecule has 2 rings (SSSR count). The number of benzene rings is 2. The summed E-state index contributed by atoms with van der Waals surface area (Å²) in [7, 11) is 0. The van der Waals surface area contributed by atoms with Gasteiger partial charge in [-0.2, -0.15) is 5.26 Å². The second-order valence-corrected chi connectivity index (χ2v) is 5.51. The lowest BCUT2D eigenvalue weighted by molar-refractivity contribution is -0.112. The van der Waals surface area contributed by atoms with Gasteiger partial charge in [0, 0.05) is 0 Å². The van der Waals surface area contributed by atoms with E-state index in [9.17, 15) is 10.1 Å². The number of halogens is 2. The summed E-state index contributed by atoms with van der Waals surface area (Å²) in [4.78, 5) is 12.3. The summed E-state index contributed by atoms with van der Waals surface area (Å²) in [5.74, 6) is 0.166. The molecular weight excluding hydrogens is 347 g/mol. The zero-order chi connectivity index (χ0) is 17.5. The molecule has 0 radical (unpaired) electrons. The summed E-state index contributed by atoms with van der Waals surface area (Å²) < 4.78 is 5.35. The van der Waals surface area contributed by atoms with E-state index >= 15 is 0 Å². The molecule has 122 valence electrons. The first-order chi connectivity index (χ1) is 11.5. The van der Waals surface area contributed by atoms with Crippen LogP contribution in [0, 0.1) is 11.3 Å². The predicted octanol–water partition coefficient (Wildman–Crippen LogP) is 4.94. The number of nitrogens with one attached hydrogen (secondary N) is 1. The van der Waals surface area contributed by atoms with Crippen molar-refractivity contribution in [2.24, 2.45) is 0 Å². The molecule has 0 saturated carbocycles. The third kappa shape index (κ3) is 4.51. The third-order valence-electron chi connectivity index (χ3n) is 3.07. The number of nitriles is 1. The van der Waals surface area contributed by atoms with Crippen molar-refractivity contribution in [1.29, 1.82) is 5.26 Å². The van der Waals surface area contributed by atoms with Crippen molar-refractivity contribution in [2.45, 2.75) is 6.92 Å². The predicted molar refractivity (Wildman–Crippen MR) is 96.3 cm³/mol. The van der Waals surface area contributed by atoms with Crippen molar-refractivity contribution in [1.82, 2.24) is 0 Å². The fraction of sp³-hybridized carbons (Fsp3) is 0.111. The first-order valence-corrected chi connectivity index (χ1v) is 7.90. The number of hydrogen-bond donors (Lipinski definition) is 1. The van der Waals surface area contributed by atoms with Gasteiger partial charge in [0.2, 0.25) is 0 Å². The minimum absolute atomic E-state index is 0.0461. The summed E-state index contributed by atoms with van der Waals surface area (Å²) in [6.45, 7) is 2.47. The highest BCUT2D eigenvalue weighted by molar-refractivity contribution is 6.44. The number of ether oxygens (including phenoxy) is 1. The van der Waals surface area contributed by atoms with Gasteiger partial charge in [-0.05, 0) is 42.8 Å². The molecule has 0 aliphatic heterocycles. The van der Waals surface area contributed by atoms with Crippen LogP contribution in [0.1, 0.15) is 12.5 Å². The minimum Gasteiger partial charge on any atom is -0.494 e. The summed E-state index contributed by atoms with van der Waals surface area (Å²) in [5.41, 5.74) is 1.01. The van der Waals surface area contributed by atoms with E-state index in [0.29, 0.717) is 22.9 Å². The normalized spacial score (nSPS) is 10.8. The fourth-order valence-corrected chi connectivity index (χ4v) is 2.28. The number of amides is 1. The maximum Gasteiger partial charge on any atom is 0.266 e. The van der Waals surface area contributed by atoms with Gasteiger partial charge >= 0.3 is 0 Å². The van der Waals surface area contributed by atoms with Crippen LogP contribution >= 0.6 is 23.2 Å². The van der Waals surface area contributed by atoms with Crippen LogP contribution in [0.2, 0.25) is 10.0 Å². The molecule has 0 aliphatic rings. The molecular formula is C18H14Cl2N2O2. The Balaban J connectivity index is 2.19. The standard InChI is InChI=1S/C18H14Cl2N2O2/c1-2-24-14-8-6-12(7-9-14)10-13(11-21)18(23)22-16-5-3-4-15(19)17(16)20/h3-10H,2H2,1H3,(H,22,23)/b13-10-. The molecule has 0 spiro atoms. The van der Waals surface area contributed by atoms with E-state index in [1.807, 2.05) is 13.0 Å². The van der Waals surface area contributed by atoms with Crippen molar-refractivity contribution in [3.05, 3.63) is 63.6 Å². The van der Waals surface area contributed by atoms with E-state index < -0.39 is 5.91 Å². The van der Waals surface area contributed by atoms with Gasteiger partial charge in [-0.1, -0.05) is 41.4 Å². The molecule has 0 fully saturated rings. The molecule has 0 atom stereocenters. The zero-order valence-electron chi connectivity index (χ0n) is 12.8. The van der Waals surface area contributed by atoms with Gasteiger partial charge in [0.05, 0.1) is 22.3 Å². The Kier molecular flexibility index (Phi) is 6.25. The Hall–Kier alpha value is -2.48. The molecule has 4 nitrogen and oxygen atoms in total. The summed E-state index contributed by atoms with van der Waals surface area (Å²) in [5, 5.41) is 12.4. The molecule has 1 amide bonds. The smallest absolute Gasteiger partial charge is 0.266 e. The second-order valence-electron chi connectivity index (χ2n) is 4.73. The maximum absolute atomic E-state index is 12.3. The molecule has 0 unspecified atom stereocenters. The van der Waals surface area contributed by atoms with E-state index in [1.165, 1.54) is 6.08 Å². The van der Waals surface area contributed by atoms with E-state index in [2.05, 4.69) is 5.32 Å². The molecule has 24 heavy (non-hydrogen) atoms. The third-order valence-corrected chi connectivity index (χ3v) is 3.89. The van der Waals surface area contributed by atoms with E-state index in [-0.39, 0.29) is 10.6 Å².